The lowest BCUT2D eigenvalue weighted by Gasteiger charge is -2.16. The minimum Gasteiger partial charge on any atom is -0.404 e. The highest BCUT2D eigenvalue weighted by Crippen LogP contribution is 2.36. The summed E-state index contributed by atoms with van der Waals surface area (Å²) in [5.74, 6) is -1.67. The number of anilines is 2. The number of ether oxygens (including phenoxy) is 1. The Morgan fingerprint density at radius 1 is 1.28 bits per heavy atom. The van der Waals surface area contributed by atoms with E-state index >= 15 is 0 Å². The Hall–Kier alpha value is -3.41. The summed E-state index contributed by atoms with van der Waals surface area (Å²) >= 11 is 5.79. The second-order valence-corrected chi connectivity index (χ2v) is 5.90. The number of nitrogens with one attached hydrogen (secondary N) is 2. The van der Waals surface area contributed by atoms with Gasteiger partial charge in [-0.1, -0.05) is 11.6 Å². The summed E-state index contributed by atoms with van der Waals surface area (Å²) in [6.45, 7) is -2.84. The first-order valence-corrected chi connectivity index (χ1v) is 8.07. The first-order valence-electron chi connectivity index (χ1n) is 9.19. The molecule has 0 atom stereocenters. The van der Waals surface area contributed by atoms with E-state index in [1.165, 1.54) is 23.1 Å². The van der Waals surface area contributed by atoms with Crippen molar-refractivity contribution in [3.63, 3.8) is 0 Å². The maximum atomic E-state index is 13.0. The number of benzene rings is 1. The fourth-order valence-electron chi connectivity index (χ4n) is 2.28. The van der Waals surface area contributed by atoms with Crippen LogP contribution in [0.15, 0.2) is 30.6 Å². The minimum absolute atomic E-state index is 0.150. The van der Waals surface area contributed by atoms with Crippen LogP contribution in [0.3, 0.4) is 0 Å². The highest BCUT2D eigenvalue weighted by Gasteiger charge is 2.32. The molecule has 1 aromatic carbocycles. The van der Waals surface area contributed by atoms with E-state index in [1.54, 1.807) is 12.4 Å². The lowest BCUT2D eigenvalue weighted by atomic mass is 10.1. The number of aryl methyl sites for hydroxylation is 1. The third-order valence-corrected chi connectivity index (χ3v) is 3.61. The number of hydrogen-bond acceptors (Lipinski definition) is 7. The summed E-state index contributed by atoms with van der Waals surface area (Å²) in [6, 6.07) is 4.78. The molecule has 13 heteroatoms. The summed E-state index contributed by atoms with van der Waals surface area (Å²) in [5.41, 5.74) is -0.725. The van der Waals surface area contributed by atoms with E-state index in [2.05, 4.69) is 30.3 Å². The number of carbonyl (C=O) groups excluding carboxylic acids is 1. The number of carbonyl (C=O) groups is 1. The molecule has 2 N–H and O–H groups in total. The van der Waals surface area contributed by atoms with Crippen LogP contribution in [0, 0.1) is 0 Å². The van der Waals surface area contributed by atoms with E-state index in [4.69, 9.17) is 15.7 Å². The van der Waals surface area contributed by atoms with Gasteiger partial charge in [0.05, 0.1) is 11.4 Å². The summed E-state index contributed by atoms with van der Waals surface area (Å²) < 4.78 is 65.9. The van der Waals surface area contributed by atoms with Gasteiger partial charge in [-0.2, -0.15) is 5.10 Å². The maximum Gasteiger partial charge on any atom is 0.573 e. The molecular formula is C16H13ClF3N7O2. The van der Waals surface area contributed by atoms with E-state index in [-0.39, 0.29) is 27.9 Å². The zero-order chi connectivity index (χ0) is 23.7. The number of rotatable bonds is 5. The SMILES string of the molecule is [2H]C([2H])([2H])NC(=O)c1nnc(Cl)cc1Nc1ccc(-c2ncn(C)n2)cc1OC(F)(F)F. The van der Waals surface area contributed by atoms with Gasteiger partial charge in [-0.3, -0.25) is 9.48 Å². The maximum absolute atomic E-state index is 13.0. The molecule has 3 aromatic rings. The topological polar surface area (TPSA) is 107 Å². The molecule has 2 heterocycles. The molecule has 0 bridgehead atoms. The fraction of sp³-hybridized carbons (Fsp3) is 0.188. The number of hydrogen-bond donors (Lipinski definition) is 2. The molecule has 0 aliphatic rings. The smallest absolute Gasteiger partial charge is 0.404 e. The molecule has 0 aliphatic carbocycles. The number of nitrogens with zero attached hydrogens (tertiary/aromatic N) is 5. The van der Waals surface area contributed by atoms with E-state index in [1.807, 2.05) is 0 Å². The van der Waals surface area contributed by atoms with Crippen molar-refractivity contribution in [3.8, 4) is 17.1 Å². The van der Waals surface area contributed by atoms with Crippen LogP contribution in [0.2, 0.25) is 5.15 Å². The predicted molar refractivity (Wildman–Crippen MR) is 96.8 cm³/mol. The minimum atomic E-state index is -5.04. The van der Waals surface area contributed by atoms with Gasteiger partial charge in [0.2, 0.25) is 0 Å². The van der Waals surface area contributed by atoms with Gasteiger partial charge in [-0.25, -0.2) is 4.98 Å². The van der Waals surface area contributed by atoms with Crippen LogP contribution < -0.4 is 15.4 Å². The van der Waals surface area contributed by atoms with Gasteiger partial charge in [0.1, 0.15) is 6.33 Å². The second kappa shape index (κ2) is 7.91. The average molecular weight is 431 g/mol. The largest absolute Gasteiger partial charge is 0.573 e. The zero-order valence-electron chi connectivity index (χ0n) is 17.5. The third-order valence-electron chi connectivity index (χ3n) is 3.43. The Morgan fingerprint density at radius 2 is 2.07 bits per heavy atom. The van der Waals surface area contributed by atoms with Crippen LogP contribution in [-0.4, -0.2) is 44.2 Å². The summed E-state index contributed by atoms with van der Waals surface area (Å²) in [7, 11) is 1.59. The third kappa shape index (κ3) is 4.90. The summed E-state index contributed by atoms with van der Waals surface area (Å²) in [5, 5.41) is 15.1. The molecule has 0 saturated heterocycles. The Bertz CT molecular complexity index is 1150. The monoisotopic (exact) mass is 430 g/mol. The molecule has 0 radical (unpaired) electrons. The van der Waals surface area contributed by atoms with Crippen molar-refractivity contribution in [3.05, 3.63) is 41.4 Å². The van der Waals surface area contributed by atoms with E-state index in [0.717, 1.165) is 12.1 Å². The van der Waals surface area contributed by atoms with E-state index in [9.17, 15) is 18.0 Å². The lowest BCUT2D eigenvalue weighted by molar-refractivity contribution is -0.274. The lowest BCUT2D eigenvalue weighted by Crippen LogP contribution is -2.21. The highest BCUT2D eigenvalue weighted by molar-refractivity contribution is 6.29. The Morgan fingerprint density at radius 3 is 2.72 bits per heavy atom. The Balaban J connectivity index is 2.02. The Labute approximate surface area is 171 Å². The van der Waals surface area contributed by atoms with Gasteiger partial charge in [0.25, 0.3) is 5.91 Å². The number of halogens is 4. The molecule has 2 aromatic heterocycles. The van der Waals surface area contributed by atoms with Crippen LogP contribution in [0.25, 0.3) is 11.4 Å². The van der Waals surface area contributed by atoms with Crippen LogP contribution in [0.5, 0.6) is 5.75 Å². The average Bonchev–Trinajstić information content (AvgIpc) is 3.07. The molecule has 0 spiro atoms. The van der Waals surface area contributed by atoms with Crippen LogP contribution in [0.1, 0.15) is 14.6 Å². The molecule has 1 amide bonds. The zero-order valence-corrected chi connectivity index (χ0v) is 15.2. The summed E-state index contributed by atoms with van der Waals surface area (Å²) in [6.07, 6.45) is -3.67. The molecule has 0 unspecified atom stereocenters. The van der Waals surface area contributed by atoms with Crippen LogP contribution >= 0.6 is 11.6 Å². The molecule has 9 nitrogen and oxygen atoms in total. The van der Waals surface area contributed by atoms with E-state index < -0.39 is 30.7 Å². The first kappa shape index (κ1) is 16.5. The van der Waals surface area contributed by atoms with Gasteiger partial charge in [-0.05, 0) is 18.2 Å². The predicted octanol–water partition coefficient (Wildman–Crippen LogP) is 2.93. The van der Waals surface area contributed by atoms with Gasteiger partial charge >= 0.3 is 6.36 Å². The van der Waals surface area contributed by atoms with Gasteiger partial charge in [0, 0.05) is 29.8 Å². The van der Waals surface area contributed by atoms with Crippen molar-refractivity contribution >= 4 is 28.9 Å². The fourth-order valence-corrected chi connectivity index (χ4v) is 2.43. The van der Waals surface area contributed by atoms with Crippen molar-refractivity contribution in [2.24, 2.45) is 7.05 Å². The highest BCUT2D eigenvalue weighted by atomic mass is 35.5. The normalized spacial score (nSPS) is 13.2. The number of amides is 1. The van der Waals surface area contributed by atoms with Crippen molar-refractivity contribution in [2.45, 2.75) is 6.36 Å². The second-order valence-electron chi connectivity index (χ2n) is 5.51. The van der Waals surface area contributed by atoms with Crippen LogP contribution in [0.4, 0.5) is 24.5 Å². The molecule has 3 rings (SSSR count). The quantitative estimate of drug-likeness (QED) is 0.640. The molecule has 152 valence electrons. The molecule has 29 heavy (non-hydrogen) atoms. The first-order chi connectivity index (χ1) is 14.8. The van der Waals surface area contributed by atoms with Gasteiger partial charge in [0.15, 0.2) is 22.4 Å². The molecule has 0 fully saturated rings. The number of alkyl halides is 3. The van der Waals surface area contributed by atoms with Gasteiger partial charge < -0.3 is 15.4 Å². The van der Waals surface area contributed by atoms with Crippen molar-refractivity contribution in [2.75, 3.05) is 12.3 Å². The molecule has 0 aliphatic heterocycles. The van der Waals surface area contributed by atoms with E-state index in [0.29, 0.717) is 0 Å². The van der Waals surface area contributed by atoms with Crippen molar-refractivity contribution < 1.29 is 26.8 Å². The standard InChI is InChI=1S/C16H13ClF3N7O2/c1-21-15(28)13-10(6-12(17)24-25-13)23-9-4-3-8(14-22-7-27(2)26-14)5-11(9)29-16(18,19)20/h3-7H,1-2H3,(H,21,28)(H,23,24)/i1D3. The molecular weight excluding hydrogens is 415 g/mol. The molecule has 0 saturated carbocycles. The van der Waals surface area contributed by atoms with Crippen LogP contribution in [-0.2, 0) is 7.05 Å². The van der Waals surface area contributed by atoms with Crippen molar-refractivity contribution in [1.29, 1.82) is 0 Å². The Kier molecular flexibility index (Phi) is 4.51. The number of aromatic nitrogens is 5. The summed E-state index contributed by atoms with van der Waals surface area (Å²) in [4.78, 5) is 16.2. The van der Waals surface area contributed by atoms with Crippen molar-refractivity contribution in [1.82, 2.24) is 30.3 Å². The van der Waals surface area contributed by atoms with Gasteiger partial charge in [-0.15, -0.1) is 23.4 Å².